The number of hydrogen-bond acceptors (Lipinski definition) is 3. The zero-order valence-electron chi connectivity index (χ0n) is 16.9. The maximum absolute atomic E-state index is 13.5. The minimum absolute atomic E-state index is 0.0221. The van der Waals surface area contributed by atoms with Gasteiger partial charge in [0, 0.05) is 42.5 Å². The first-order valence-electron chi connectivity index (χ1n) is 10.6. The van der Waals surface area contributed by atoms with Gasteiger partial charge in [-0.2, -0.15) is 0 Å². The summed E-state index contributed by atoms with van der Waals surface area (Å²) in [5, 5.41) is 0. The summed E-state index contributed by atoms with van der Waals surface area (Å²) in [7, 11) is 0. The molecule has 0 saturated carbocycles. The van der Waals surface area contributed by atoms with Gasteiger partial charge in [-0.25, -0.2) is 4.98 Å². The molecule has 2 atom stereocenters. The molecule has 4 heteroatoms. The van der Waals surface area contributed by atoms with E-state index in [1.807, 2.05) is 30.3 Å². The monoisotopic (exact) mass is 395 g/mol. The minimum Gasteiger partial charge on any atom is -0.364 e. The summed E-state index contributed by atoms with van der Waals surface area (Å²) >= 11 is 0. The number of allylic oxidation sites excluding steroid dienone is 1. The largest absolute Gasteiger partial charge is 0.364 e. The third-order valence-electron chi connectivity index (χ3n) is 6.23. The summed E-state index contributed by atoms with van der Waals surface area (Å²) in [6.45, 7) is 5.24. The highest BCUT2D eigenvalue weighted by Gasteiger charge is 2.36. The van der Waals surface area contributed by atoms with Crippen LogP contribution in [-0.4, -0.2) is 22.1 Å². The van der Waals surface area contributed by atoms with Crippen molar-refractivity contribution in [1.29, 1.82) is 0 Å². The highest BCUT2D eigenvalue weighted by molar-refractivity contribution is 5.72. The van der Waals surface area contributed by atoms with E-state index in [-0.39, 0.29) is 5.56 Å². The molecule has 2 unspecified atom stereocenters. The summed E-state index contributed by atoms with van der Waals surface area (Å²) < 4.78 is 1.75. The molecule has 1 saturated heterocycles. The Morgan fingerprint density at radius 2 is 1.77 bits per heavy atom. The minimum atomic E-state index is 0.0221. The normalized spacial score (nSPS) is 20.1. The number of para-hydroxylation sites is 1. The molecule has 0 spiro atoms. The van der Waals surface area contributed by atoms with Crippen molar-refractivity contribution in [3.63, 3.8) is 0 Å². The van der Waals surface area contributed by atoms with Crippen molar-refractivity contribution < 1.29 is 0 Å². The molecule has 0 radical (unpaired) electrons. The van der Waals surface area contributed by atoms with Crippen molar-refractivity contribution in [2.24, 2.45) is 5.92 Å². The molecule has 1 fully saturated rings. The first-order valence-corrected chi connectivity index (χ1v) is 10.6. The molecule has 0 amide bonds. The van der Waals surface area contributed by atoms with Crippen LogP contribution in [-0.2, 0) is 6.54 Å². The van der Waals surface area contributed by atoms with Crippen LogP contribution in [0.1, 0.15) is 18.4 Å². The van der Waals surface area contributed by atoms with Crippen molar-refractivity contribution in [3.8, 4) is 11.4 Å². The van der Waals surface area contributed by atoms with E-state index >= 15 is 0 Å². The molecule has 3 aliphatic rings. The second kappa shape index (κ2) is 7.79. The van der Waals surface area contributed by atoms with Crippen LogP contribution in [0.2, 0.25) is 0 Å². The molecule has 0 N–H and O–H groups in total. The molecule has 30 heavy (non-hydrogen) atoms. The van der Waals surface area contributed by atoms with E-state index in [1.165, 1.54) is 5.69 Å². The Balaban J connectivity index is 1.56. The Morgan fingerprint density at radius 3 is 2.43 bits per heavy atom. The van der Waals surface area contributed by atoms with Crippen LogP contribution in [0, 0.1) is 5.92 Å². The predicted molar refractivity (Wildman–Crippen MR) is 122 cm³/mol. The summed E-state index contributed by atoms with van der Waals surface area (Å²) in [6.07, 6.45) is 8.08. The van der Waals surface area contributed by atoms with Gasteiger partial charge in [0.15, 0.2) is 0 Å². The summed E-state index contributed by atoms with van der Waals surface area (Å²) in [5.74, 6) is 1.04. The standard InChI is InChI=1S/C26H25N3O/c1-2-15-28-25(19-9-5-3-6-10-19)27-17-24(26(28)30)23-16-22-14-13-20(23)18-29(22)21-11-7-4-8-12-21/h2-12,16-17,20,22H,1,13-15,18H2. The average Bonchev–Trinajstić information content (AvgIpc) is 2.82. The number of aromatic nitrogens is 2. The Hall–Kier alpha value is -3.40. The molecule has 4 nitrogen and oxygen atoms in total. The van der Waals surface area contributed by atoms with E-state index in [2.05, 4.69) is 47.9 Å². The third kappa shape index (κ3) is 3.18. The SMILES string of the molecule is C=CCn1c(-c2ccccc2)ncc(C2=CC3CCC2CN3c2ccccc2)c1=O. The molecule has 1 aliphatic carbocycles. The van der Waals surface area contributed by atoms with Crippen LogP contribution in [0.5, 0.6) is 0 Å². The average molecular weight is 396 g/mol. The lowest BCUT2D eigenvalue weighted by Gasteiger charge is -2.45. The number of fused-ring (bicyclic) bond motifs is 2. The smallest absolute Gasteiger partial charge is 0.261 e. The third-order valence-corrected chi connectivity index (χ3v) is 6.23. The molecule has 2 bridgehead atoms. The van der Waals surface area contributed by atoms with Crippen molar-refractivity contribution >= 4 is 11.3 Å². The lowest BCUT2D eigenvalue weighted by molar-refractivity contribution is 0.425. The van der Waals surface area contributed by atoms with E-state index in [4.69, 9.17) is 4.98 Å². The fraction of sp³-hybridized carbons (Fsp3) is 0.231. The maximum atomic E-state index is 13.5. The van der Waals surface area contributed by atoms with Crippen LogP contribution in [0.4, 0.5) is 5.69 Å². The molecular formula is C26H25N3O. The fourth-order valence-corrected chi connectivity index (χ4v) is 4.79. The molecular weight excluding hydrogens is 370 g/mol. The zero-order chi connectivity index (χ0) is 20.5. The predicted octanol–water partition coefficient (Wildman–Crippen LogP) is 4.78. The van der Waals surface area contributed by atoms with E-state index in [0.29, 0.717) is 24.3 Å². The first-order chi connectivity index (χ1) is 14.8. The van der Waals surface area contributed by atoms with Gasteiger partial charge in [-0.05, 0) is 30.5 Å². The van der Waals surface area contributed by atoms with Crippen LogP contribution in [0.15, 0.2) is 90.4 Å². The van der Waals surface area contributed by atoms with Crippen molar-refractivity contribution in [1.82, 2.24) is 9.55 Å². The van der Waals surface area contributed by atoms with E-state index < -0.39 is 0 Å². The van der Waals surface area contributed by atoms with E-state index in [9.17, 15) is 4.79 Å². The van der Waals surface area contributed by atoms with Crippen molar-refractivity contribution in [2.75, 3.05) is 11.4 Å². The molecule has 2 aliphatic heterocycles. The van der Waals surface area contributed by atoms with Crippen LogP contribution >= 0.6 is 0 Å². The highest BCUT2D eigenvalue weighted by atomic mass is 16.1. The van der Waals surface area contributed by atoms with Gasteiger partial charge in [0.25, 0.3) is 5.56 Å². The molecule has 2 aromatic carbocycles. The number of rotatable bonds is 5. The van der Waals surface area contributed by atoms with Crippen LogP contribution in [0.25, 0.3) is 17.0 Å². The number of piperidine rings is 1. The van der Waals surface area contributed by atoms with Crippen LogP contribution < -0.4 is 10.5 Å². The van der Waals surface area contributed by atoms with Gasteiger partial charge >= 0.3 is 0 Å². The van der Waals surface area contributed by atoms with Gasteiger partial charge in [0.1, 0.15) is 5.82 Å². The Kier molecular flexibility index (Phi) is 4.83. The zero-order valence-corrected chi connectivity index (χ0v) is 16.9. The molecule has 6 rings (SSSR count). The second-order valence-electron chi connectivity index (χ2n) is 8.02. The Labute approximate surface area is 176 Å². The molecule has 3 aromatic rings. The topological polar surface area (TPSA) is 38.1 Å². The number of anilines is 1. The van der Waals surface area contributed by atoms with Gasteiger partial charge in [0.05, 0.1) is 5.56 Å². The van der Waals surface area contributed by atoms with Gasteiger partial charge in [-0.3, -0.25) is 9.36 Å². The molecule has 3 heterocycles. The quantitative estimate of drug-likeness (QED) is 0.584. The summed E-state index contributed by atoms with van der Waals surface area (Å²) in [4.78, 5) is 20.7. The van der Waals surface area contributed by atoms with Gasteiger partial charge in [-0.1, -0.05) is 60.7 Å². The summed E-state index contributed by atoms with van der Waals surface area (Å²) in [5.41, 5.74) is 4.11. The van der Waals surface area contributed by atoms with E-state index in [0.717, 1.165) is 36.1 Å². The Bertz CT molecular complexity index is 1150. The summed E-state index contributed by atoms with van der Waals surface area (Å²) in [6, 6.07) is 20.8. The highest BCUT2D eigenvalue weighted by Crippen LogP contribution is 2.41. The first kappa shape index (κ1) is 18.6. The number of benzene rings is 2. The van der Waals surface area contributed by atoms with Crippen molar-refractivity contribution in [3.05, 3.63) is 102 Å². The number of hydrogen-bond donors (Lipinski definition) is 0. The number of nitrogens with zero attached hydrogens (tertiary/aromatic N) is 3. The van der Waals surface area contributed by atoms with Crippen LogP contribution in [0.3, 0.4) is 0 Å². The van der Waals surface area contributed by atoms with Gasteiger partial charge in [0.2, 0.25) is 0 Å². The van der Waals surface area contributed by atoms with E-state index in [1.54, 1.807) is 16.8 Å². The fourth-order valence-electron chi connectivity index (χ4n) is 4.79. The molecule has 150 valence electrons. The maximum Gasteiger partial charge on any atom is 0.261 e. The Morgan fingerprint density at radius 1 is 1.03 bits per heavy atom. The lowest BCUT2D eigenvalue weighted by atomic mass is 9.77. The second-order valence-corrected chi connectivity index (χ2v) is 8.02. The van der Waals surface area contributed by atoms with Crippen molar-refractivity contribution in [2.45, 2.75) is 25.4 Å². The molecule has 1 aromatic heterocycles. The van der Waals surface area contributed by atoms with Gasteiger partial charge in [-0.15, -0.1) is 6.58 Å². The van der Waals surface area contributed by atoms with Gasteiger partial charge < -0.3 is 4.90 Å². The lowest BCUT2D eigenvalue weighted by Crippen LogP contribution is -2.47.